The van der Waals surface area contributed by atoms with Crippen molar-refractivity contribution in [1.82, 2.24) is 25.3 Å². The van der Waals surface area contributed by atoms with Crippen LogP contribution in [0.3, 0.4) is 0 Å². The number of amides is 2. The minimum Gasteiger partial charge on any atom is -0.339 e. The van der Waals surface area contributed by atoms with Gasteiger partial charge < -0.3 is 10.6 Å². The third-order valence-electron chi connectivity index (χ3n) is 6.04. The van der Waals surface area contributed by atoms with E-state index in [1.165, 1.54) is 11.1 Å². The first kappa shape index (κ1) is 20.8. The smallest absolute Gasteiger partial charge is 0.270 e. The van der Waals surface area contributed by atoms with Gasteiger partial charge in [-0.25, -0.2) is 0 Å². The summed E-state index contributed by atoms with van der Waals surface area (Å²) in [5, 5.41) is 17.1. The van der Waals surface area contributed by atoms with Crippen molar-refractivity contribution in [2.75, 3.05) is 5.32 Å². The Hall–Kier alpha value is -3.42. The molecule has 31 heavy (non-hydrogen) atoms. The summed E-state index contributed by atoms with van der Waals surface area (Å²) in [6, 6.07) is 8.74. The molecule has 1 aliphatic rings. The Labute approximate surface area is 181 Å². The van der Waals surface area contributed by atoms with Gasteiger partial charge in [-0.15, -0.1) is 0 Å². The number of hydrogen-bond acceptors (Lipinski definition) is 4. The highest BCUT2D eigenvalue weighted by Crippen LogP contribution is 2.31. The number of nitrogens with one attached hydrogen (secondary N) is 3. The van der Waals surface area contributed by atoms with E-state index >= 15 is 0 Å². The molecule has 0 bridgehead atoms. The molecule has 8 nitrogen and oxygen atoms in total. The second kappa shape index (κ2) is 8.75. The van der Waals surface area contributed by atoms with Crippen LogP contribution in [0.5, 0.6) is 0 Å². The van der Waals surface area contributed by atoms with Crippen LogP contribution in [0.1, 0.15) is 47.6 Å². The highest BCUT2D eigenvalue weighted by Gasteiger charge is 2.29. The van der Waals surface area contributed by atoms with Gasteiger partial charge in [0.2, 0.25) is 5.91 Å². The molecule has 2 aromatic heterocycles. The lowest BCUT2D eigenvalue weighted by Gasteiger charge is -2.29. The normalized spacial score (nSPS) is 14.7. The van der Waals surface area contributed by atoms with Crippen LogP contribution >= 0.6 is 0 Å². The maximum Gasteiger partial charge on any atom is 0.270 e. The van der Waals surface area contributed by atoms with Gasteiger partial charge in [0.15, 0.2) is 0 Å². The van der Waals surface area contributed by atoms with E-state index in [0.29, 0.717) is 23.7 Å². The third kappa shape index (κ3) is 4.52. The van der Waals surface area contributed by atoms with E-state index in [4.69, 9.17) is 0 Å². The lowest BCUT2D eigenvalue weighted by molar-refractivity contribution is -0.118. The van der Waals surface area contributed by atoms with Gasteiger partial charge in [0.1, 0.15) is 11.7 Å². The first-order valence-corrected chi connectivity index (χ1v) is 10.6. The molecule has 1 aliphatic carbocycles. The molecule has 1 fully saturated rings. The molecule has 0 unspecified atom stereocenters. The number of rotatable bonds is 7. The van der Waals surface area contributed by atoms with Crippen molar-refractivity contribution in [2.45, 2.75) is 45.6 Å². The van der Waals surface area contributed by atoms with Crippen molar-refractivity contribution in [1.29, 1.82) is 0 Å². The minimum atomic E-state index is -0.592. The number of carbonyl (C=O) groups is 2. The molecule has 4 rings (SSSR count). The first-order chi connectivity index (χ1) is 14.9. The van der Waals surface area contributed by atoms with Crippen LogP contribution in [0.2, 0.25) is 0 Å². The number of nitrogens with zero attached hydrogens (tertiary/aromatic N) is 3. The maximum atomic E-state index is 13.0. The molecule has 162 valence electrons. The second-order valence-electron chi connectivity index (χ2n) is 8.27. The molecule has 3 aromatic rings. The summed E-state index contributed by atoms with van der Waals surface area (Å²) >= 11 is 0. The molecular formula is C23H28N6O2. The number of H-pyrrole nitrogens is 1. The number of hydrogen-bond donors (Lipinski definition) is 3. The third-order valence-corrected chi connectivity index (χ3v) is 6.04. The van der Waals surface area contributed by atoms with Crippen molar-refractivity contribution in [3.63, 3.8) is 0 Å². The monoisotopic (exact) mass is 420 g/mol. The molecule has 2 amide bonds. The summed E-state index contributed by atoms with van der Waals surface area (Å²) in [5.74, 6) is -0.0245. The van der Waals surface area contributed by atoms with Gasteiger partial charge in [-0.2, -0.15) is 10.2 Å². The number of benzene rings is 1. The summed E-state index contributed by atoms with van der Waals surface area (Å²) in [6.07, 6.45) is 5.59. The van der Waals surface area contributed by atoms with E-state index in [0.717, 1.165) is 35.4 Å². The van der Waals surface area contributed by atoms with E-state index in [1.807, 2.05) is 38.1 Å². The van der Waals surface area contributed by atoms with Gasteiger partial charge in [-0.1, -0.05) is 31.4 Å². The lowest BCUT2D eigenvalue weighted by atomic mass is 9.80. The molecule has 8 heteroatoms. The SMILES string of the molecule is Cc1n[nH]c(C)c1-c1ccc(NC(=O)[C@H](CC2CCC2)NC(=O)c2ccnn2C)cc1. The molecule has 0 spiro atoms. The predicted molar refractivity (Wildman–Crippen MR) is 119 cm³/mol. The van der Waals surface area contributed by atoms with E-state index < -0.39 is 6.04 Å². The molecule has 2 heterocycles. The number of carbonyl (C=O) groups excluding carboxylic acids is 2. The van der Waals surface area contributed by atoms with Crippen molar-refractivity contribution in [3.05, 3.63) is 53.6 Å². The zero-order valence-corrected chi connectivity index (χ0v) is 18.1. The van der Waals surface area contributed by atoms with Crippen LogP contribution in [0.4, 0.5) is 5.69 Å². The average Bonchev–Trinajstić information content (AvgIpc) is 3.29. The fourth-order valence-electron chi connectivity index (χ4n) is 4.05. The van der Waals surface area contributed by atoms with E-state index in [9.17, 15) is 9.59 Å². The number of aryl methyl sites for hydroxylation is 3. The molecule has 1 aromatic carbocycles. The fourth-order valence-corrected chi connectivity index (χ4v) is 4.05. The van der Waals surface area contributed by atoms with Crippen molar-refractivity contribution in [2.24, 2.45) is 13.0 Å². The number of aromatic nitrogens is 4. The summed E-state index contributed by atoms with van der Waals surface area (Å²) in [4.78, 5) is 25.7. The number of aromatic amines is 1. The predicted octanol–water partition coefficient (Wildman–Crippen LogP) is 3.35. The van der Waals surface area contributed by atoms with Crippen LogP contribution in [-0.4, -0.2) is 37.8 Å². The average molecular weight is 421 g/mol. The van der Waals surface area contributed by atoms with Crippen LogP contribution < -0.4 is 10.6 Å². The van der Waals surface area contributed by atoms with Gasteiger partial charge in [0.25, 0.3) is 5.91 Å². The van der Waals surface area contributed by atoms with Gasteiger partial charge in [0, 0.05) is 30.2 Å². The fraction of sp³-hybridized carbons (Fsp3) is 0.391. The van der Waals surface area contributed by atoms with Crippen LogP contribution in [-0.2, 0) is 11.8 Å². The zero-order valence-electron chi connectivity index (χ0n) is 18.1. The van der Waals surface area contributed by atoms with Crippen molar-refractivity contribution in [3.8, 4) is 11.1 Å². The van der Waals surface area contributed by atoms with Crippen molar-refractivity contribution < 1.29 is 9.59 Å². The van der Waals surface area contributed by atoms with Gasteiger partial charge >= 0.3 is 0 Å². The molecule has 0 radical (unpaired) electrons. The van der Waals surface area contributed by atoms with Crippen LogP contribution in [0.25, 0.3) is 11.1 Å². The van der Waals surface area contributed by atoms with E-state index in [1.54, 1.807) is 19.3 Å². The molecule has 0 aliphatic heterocycles. The Balaban J connectivity index is 1.46. The van der Waals surface area contributed by atoms with E-state index in [-0.39, 0.29) is 11.8 Å². The summed E-state index contributed by atoms with van der Waals surface area (Å²) in [5.41, 5.74) is 5.18. The minimum absolute atomic E-state index is 0.203. The highest BCUT2D eigenvalue weighted by atomic mass is 16.2. The highest BCUT2D eigenvalue weighted by molar-refractivity contribution is 6.00. The summed E-state index contributed by atoms with van der Waals surface area (Å²) in [6.45, 7) is 3.95. The zero-order chi connectivity index (χ0) is 22.0. The maximum absolute atomic E-state index is 13.0. The quantitative estimate of drug-likeness (QED) is 0.545. The molecule has 1 saturated carbocycles. The molecule has 1 atom stereocenters. The number of anilines is 1. The van der Waals surface area contributed by atoms with Crippen LogP contribution in [0, 0.1) is 19.8 Å². The standard InChI is InChI=1S/C23H28N6O2/c1-14-21(15(2)28-27-14)17-7-9-18(10-8-17)25-22(30)19(13-16-5-4-6-16)26-23(31)20-11-12-24-29(20)3/h7-12,16,19H,4-6,13H2,1-3H3,(H,25,30)(H,26,31)(H,27,28)/t19-/m0/s1. The molecular weight excluding hydrogens is 392 g/mol. The Morgan fingerprint density at radius 2 is 1.94 bits per heavy atom. The lowest BCUT2D eigenvalue weighted by Crippen LogP contribution is -2.46. The van der Waals surface area contributed by atoms with Crippen molar-refractivity contribution >= 4 is 17.5 Å². The molecule has 0 saturated heterocycles. The topological polar surface area (TPSA) is 105 Å². The summed E-state index contributed by atoms with van der Waals surface area (Å²) in [7, 11) is 1.71. The Kier molecular flexibility index (Phi) is 5.88. The Morgan fingerprint density at radius 1 is 1.19 bits per heavy atom. The second-order valence-corrected chi connectivity index (χ2v) is 8.27. The molecule has 3 N–H and O–H groups in total. The Morgan fingerprint density at radius 3 is 2.48 bits per heavy atom. The summed E-state index contributed by atoms with van der Waals surface area (Å²) < 4.78 is 1.51. The Bertz CT molecular complexity index is 1060. The van der Waals surface area contributed by atoms with Gasteiger partial charge in [-0.05, 0) is 49.9 Å². The first-order valence-electron chi connectivity index (χ1n) is 10.6. The largest absolute Gasteiger partial charge is 0.339 e. The van der Waals surface area contributed by atoms with Gasteiger partial charge in [-0.3, -0.25) is 19.4 Å². The van der Waals surface area contributed by atoms with E-state index in [2.05, 4.69) is 25.9 Å². The van der Waals surface area contributed by atoms with Crippen LogP contribution in [0.15, 0.2) is 36.5 Å². The van der Waals surface area contributed by atoms with Gasteiger partial charge in [0.05, 0.1) is 5.69 Å².